The van der Waals surface area contributed by atoms with E-state index in [1.165, 1.54) is 5.56 Å². The molecule has 1 aromatic carbocycles. The molecule has 1 heterocycles. The summed E-state index contributed by atoms with van der Waals surface area (Å²) < 4.78 is 6.11. The van der Waals surface area contributed by atoms with Crippen LogP contribution in [-0.2, 0) is 12.0 Å². The maximum atomic E-state index is 6.11. The number of rotatable bonds is 5. The highest BCUT2D eigenvalue weighted by Gasteiger charge is 2.19. The number of hydrogen-bond donors (Lipinski definition) is 1. The lowest BCUT2D eigenvalue weighted by Gasteiger charge is -2.22. The molecule has 0 bridgehead atoms. The molecule has 0 fully saturated rings. The molecule has 3 heteroatoms. The summed E-state index contributed by atoms with van der Waals surface area (Å²) in [6.07, 6.45) is 1.77. The fourth-order valence-electron chi connectivity index (χ4n) is 2.19. The number of aromatic nitrogens is 1. The zero-order chi connectivity index (χ0) is 15.3. The monoisotopic (exact) mass is 284 g/mol. The van der Waals surface area contributed by atoms with Gasteiger partial charge in [-0.2, -0.15) is 0 Å². The molecule has 2 aromatic rings. The van der Waals surface area contributed by atoms with Gasteiger partial charge in [0.25, 0.3) is 0 Å². The third-order valence-electron chi connectivity index (χ3n) is 3.32. The summed E-state index contributed by atoms with van der Waals surface area (Å²) in [4.78, 5) is 4.39. The summed E-state index contributed by atoms with van der Waals surface area (Å²) in [7, 11) is 0. The van der Waals surface area contributed by atoms with E-state index in [2.05, 4.69) is 44.1 Å². The van der Waals surface area contributed by atoms with Gasteiger partial charge in [0.15, 0.2) is 0 Å². The van der Waals surface area contributed by atoms with Gasteiger partial charge in [0.05, 0.1) is 0 Å². The molecule has 0 spiro atoms. The first-order chi connectivity index (χ1) is 10.0. The lowest BCUT2D eigenvalue weighted by atomic mass is 9.86. The van der Waals surface area contributed by atoms with E-state index < -0.39 is 0 Å². The molecule has 0 aliphatic carbocycles. The van der Waals surface area contributed by atoms with Crippen molar-refractivity contribution >= 4 is 0 Å². The van der Waals surface area contributed by atoms with E-state index in [1.807, 2.05) is 30.3 Å². The van der Waals surface area contributed by atoms with E-state index in [9.17, 15) is 0 Å². The van der Waals surface area contributed by atoms with E-state index in [-0.39, 0.29) is 5.41 Å². The lowest BCUT2D eigenvalue weighted by molar-refractivity contribution is 0.432. The molecule has 1 N–H and O–H groups in total. The van der Waals surface area contributed by atoms with Crippen molar-refractivity contribution in [3.05, 3.63) is 53.7 Å². The minimum Gasteiger partial charge on any atom is -0.438 e. The Bertz CT molecular complexity index is 588. The van der Waals surface area contributed by atoms with Crippen molar-refractivity contribution in [2.75, 3.05) is 6.54 Å². The number of benzene rings is 1. The average molecular weight is 284 g/mol. The predicted octanol–water partition coefficient (Wildman–Crippen LogP) is 4.28. The molecular formula is C18H24N2O. The fraction of sp³-hybridized carbons (Fsp3) is 0.389. The van der Waals surface area contributed by atoms with Crippen LogP contribution >= 0.6 is 0 Å². The Hall–Kier alpha value is -1.87. The molecule has 112 valence electrons. The van der Waals surface area contributed by atoms with Gasteiger partial charge < -0.3 is 10.1 Å². The van der Waals surface area contributed by atoms with Gasteiger partial charge in [0.2, 0.25) is 5.88 Å². The number of nitrogens with one attached hydrogen (secondary N) is 1. The summed E-state index contributed by atoms with van der Waals surface area (Å²) in [5.41, 5.74) is 2.29. The second-order valence-corrected chi connectivity index (χ2v) is 6.10. The van der Waals surface area contributed by atoms with E-state index in [1.54, 1.807) is 6.20 Å². The second-order valence-electron chi connectivity index (χ2n) is 6.10. The highest BCUT2D eigenvalue weighted by molar-refractivity contribution is 5.41. The van der Waals surface area contributed by atoms with Crippen LogP contribution in [0.2, 0.25) is 0 Å². The maximum absolute atomic E-state index is 6.11. The minimum atomic E-state index is 0.0349. The Morgan fingerprint density at radius 3 is 2.57 bits per heavy atom. The van der Waals surface area contributed by atoms with Crippen LogP contribution in [0.1, 0.15) is 38.8 Å². The van der Waals surface area contributed by atoms with Crippen LogP contribution in [0.15, 0.2) is 42.6 Å². The van der Waals surface area contributed by atoms with Crippen LogP contribution in [0, 0.1) is 0 Å². The Morgan fingerprint density at radius 2 is 1.86 bits per heavy atom. The molecule has 21 heavy (non-hydrogen) atoms. The Morgan fingerprint density at radius 1 is 1.10 bits per heavy atom. The average Bonchev–Trinajstić information content (AvgIpc) is 2.46. The molecule has 0 unspecified atom stereocenters. The van der Waals surface area contributed by atoms with Crippen molar-refractivity contribution in [1.82, 2.24) is 10.3 Å². The summed E-state index contributed by atoms with van der Waals surface area (Å²) in [5.74, 6) is 1.55. The first-order valence-electron chi connectivity index (χ1n) is 7.44. The fourth-order valence-corrected chi connectivity index (χ4v) is 2.19. The zero-order valence-corrected chi connectivity index (χ0v) is 13.3. The molecular weight excluding hydrogens is 260 g/mol. The van der Waals surface area contributed by atoms with Gasteiger partial charge in [0, 0.05) is 23.9 Å². The van der Waals surface area contributed by atoms with Gasteiger partial charge in [-0.05, 0) is 24.1 Å². The highest BCUT2D eigenvalue weighted by atomic mass is 16.5. The van der Waals surface area contributed by atoms with Crippen molar-refractivity contribution in [3.63, 3.8) is 0 Å². The third-order valence-corrected chi connectivity index (χ3v) is 3.32. The van der Waals surface area contributed by atoms with Crippen molar-refractivity contribution < 1.29 is 4.74 Å². The minimum absolute atomic E-state index is 0.0349. The smallest absolute Gasteiger partial charge is 0.223 e. The molecule has 0 radical (unpaired) electrons. The molecule has 3 nitrogen and oxygen atoms in total. The van der Waals surface area contributed by atoms with Crippen LogP contribution in [-0.4, -0.2) is 11.5 Å². The van der Waals surface area contributed by atoms with Crippen molar-refractivity contribution in [3.8, 4) is 11.6 Å². The number of ether oxygens (including phenoxy) is 1. The Kier molecular flexibility index (Phi) is 4.97. The number of pyridine rings is 1. The normalized spacial score (nSPS) is 11.4. The highest BCUT2D eigenvalue weighted by Crippen LogP contribution is 2.34. The van der Waals surface area contributed by atoms with Gasteiger partial charge in [-0.3, -0.25) is 0 Å². The molecule has 0 atom stereocenters. The summed E-state index contributed by atoms with van der Waals surface area (Å²) in [6, 6.07) is 12.2. The van der Waals surface area contributed by atoms with Crippen LogP contribution in [0.3, 0.4) is 0 Å². The van der Waals surface area contributed by atoms with E-state index in [0.717, 1.165) is 24.4 Å². The molecule has 1 aromatic heterocycles. The Labute approximate surface area is 127 Å². The molecule has 0 saturated heterocycles. The molecule has 2 rings (SSSR count). The van der Waals surface area contributed by atoms with Gasteiger partial charge in [-0.25, -0.2) is 4.98 Å². The van der Waals surface area contributed by atoms with Crippen molar-refractivity contribution in [2.45, 2.75) is 39.7 Å². The Balaban J connectivity index is 2.31. The molecule has 0 aliphatic heterocycles. The summed E-state index contributed by atoms with van der Waals surface area (Å²) in [5, 5.41) is 3.32. The van der Waals surface area contributed by atoms with E-state index >= 15 is 0 Å². The summed E-state index contributed by atoms with van der Waals surface area (Å²) >= 11 is 0. The number of para-hydroxylation sites is 1. The number of hydrogen-bond acceptors (Lipinski definition) is 3. The largest absolute Gasteiger partial charge is 0.438 e. The van der Waals surface area contributed by atoms with Crippen molar-refractivity contribution in [2.24, 2.45) is 0 Å². The first-order valence-corrected chi connectivity index (χ1v) is 7.44. The van der Waals surface area contributed by atoms with Crippen LogP contribution in [0.4, 0.5) is 0 Å². The van der Waals surface area contributed by atoms with E-state index in [0.29, 0.717) is 5.88 Å². The second kappa shape index (κ2) is 6.72. The zero-order valence-electron chi connectivity index (χ0n) is 13.3. The third kappa shape index (κ3) is 4.05. The van der Waals surface area contributed by atoms with Gasteiger partial charge in [0.1, 0.15) is 5.75 Å². The van der Waals surface area contributed by atoms with Crippen molar-refractivity contribution in [1.29, 1.82) is 0 Å². The quantitative estimate of drug-likeness (QED) is 0.889. The predicted molar refractivity (Wildman–Crippen MR) is 86.8 cm³/mol. The number of nitrogens with zero attached hydrogens (tertiary/aromatic N) is 1. The molecule has 0 amide bonds. The molecule has 0 saturated carbocycles. The lowest BCUT2D eigenvalue weighted by Crippen LogP contribution is -2.14. The van der Waals surface area contributed by atoms with Gasteiger partial charge in [-0.1, -0.05) is 52.0 Å². The van der Waals surface area contributed by atoms with Gasteiger partial charge in [-0.15, -0.1) is 0 Å². The van der Waals surface area contributed by atoms with E-state index in [4.69, 9.17) is 4.74 Å². The standard InChI is InChI=1S/C18H24N2O/c1-5-19-13-14-9-8-12-20-17(14)21-16-11-7-6-10-15(16)18(2,3)4/h6-12,19H,5,13H2,1-4H3. The van der Waals surface area contributed by atoms with Crippen LogP contribution in [0.25, 0.3) is 0 Å². The van der Waals surface area contributed by atoms with Gasteiger partial charge >= 0.3 is 0 Å². The van der Waals surface area contributed by atoms with Crippen LogP contribution in [0.5, 0.6) is 11.6 Å². The SMILES string of the molecule is CCNCc1cccnc1Oc1ccccc1C(C)(C)C. The maximum Gasteiger partial charge on any atom is 0.223 e. The first kappa shape index (κ1) is 15.5. The topological polar surface area (TPSA) is 34.2 Å². The van der Waals surface area contributed by atoms with Crippen LogP contribution < -0.4 is 10.1 Å². The summed E-state index contributed by atoms with van der Waals surface area (Å²) in [6.45, 7) is 10.3. The molecule has 0 aliphatic rings.